The number of hydrogen-bond donors (Lipinski definition) is 0. The molecule has 1 aromatic rings. The first-order valence-electron chi connectivity index (χ1n) is 7.09. The Morgan fingerprint density at radius 1 is 1.58 bits per heavy atom. The van der Waals surface area contributed by atoms with Gasteiger partial charge in [-0.1, -0.05) is 11.6 Å². The van der Waals surface area contributed by atoms with Crippen LogP contribution in [0.3, 0.4) is 0 Å². The molecule has 2 heterocycles. The second kappa shape index (κ2) is 3.76. The Kier molecular flexibility index (Phi) is 2.42. The van der Waals surface area contributed by atoms with Crippen molar-refractivity contribution < 1.29 is 4.79 Å². The molecule has 0 N–H and O–H groups in total. The van der Waals surface area contributed by atoms with Gasteiger partial charge in [-0.3, -0.25) is 4.79 Å². The molecule has 0 radical (unpaired) electrons. The first kappa shape index (κ1) is 12.2. The zero-order valence-electron chi connectivity index (χ0n) is 11.1. The molecule has 4 rings (SSSR count). The van der Waals surface area contributed by atoms with Crippen LogP contribution in [0.5, 0.6) is 0 Å². The van der Waals surface area contributed by atoms with Crippen molar-refractivity contribution in [3.05, 3.63) is 21.3 Å². The molecule has 1 atom stereocenters. The number of carbonyl (C=O) groups excluding carboxylic acids is 1. The van der Waals surface area contributed by atoms with Gasteiger partial charge in [0.05, 0.1) is 10.4 Å². The van der Waals surface area contributed by atoms with Crippen molar-refractivity contribution in [1.29, 1.82) is 0 Å². The molecule has 2 nitrogen and oxygen atoms in total. The van der Waals surface area contributed by atoms with Gasteiger partial charge in [-0.25, -0.2) is 0 Å². The monoisotopic (exact) mass is 295 g/mol. The van der Waals surface area contributed by atoms with Crippen LogP contribution in [0.2, 0.25) is 5.02 Å². The summed E-state index contributed by atoms with van der Waals surface area (Å²) < 4.78 is 0. The van der Waals surface area contributed by atoms with Crippen LogP contribution in [0, 0.1) is 11.3 Å². The highest BCUT2D eigenvalue weighted by molar-refractivity contribution is 7.10. The maximum atomic E-state index is 12.7. The molecular weight excluding hydrogens is 278 g/mol. The molecule has 1 saturated heterocycles. The van der Waals surface area contributed by atoms with E-state index in [1.54, 1.807) is 11.3 Å². The summed E-state index contributed by atoms with van der Waals surface area (Å²) in [5.74, 6) is 1.18. The first-order valence-corrected chi connectivity index (χ1v) is 8.34. The number of thiophene rings is 1. The van der Waals surface area contributed by atoms with E-state index in [0.717, 1.165) is 49.6 Å². The number of hydrogen-bond acceptors (Lipinski definition) is 2. The normalized spacial score (nSPS) is 39.3. The maximum Gasteiger partial charge on any atom is 0.229 e. The van der Waals surface area contributed by atoms with Crippen LogP contribution in [0.25, 0.3) is 0 Å². The summed E-state index contributed by atoms with van der Waals surface area (Å²) in [6, 6.07) is 2.05. The summed E-state index contributed by atoms with van der Waals surface area (Å²) in [5, 5.41) is 2.81. The van der Waals surface area contributed by atoms with E-state index in [1.165, 1.54) is 4.88 Å². The fourth-order valence-electron chi connectivity index (χ4n) is 3.70. The van der Waals surface area contributed by atoms with Crippen molar-refractivity contribution in [2.75, 3.05) is 6.54 Å². The van der Waals surface area contributed by atoms with E-state index < -0.39 is 0 Å². The molecule has 2 aliphatic carbocycles. The first-order chi connectivity index (χ1) is 9.03. The summed E-state index contributed by atoms with van der Waals surface area (Å²) in [6.45, 7) is 3.20. The number of rotatable bonds is 3. The maximum absolute atomic E-state index is 12.7. The van der Waals surface area contributed by atoms with E-state index >= 15 is 0 Å². The van der Waals surface area contributed by atoms with Crippen LogP contribution in [0.15, 0.2) is 11.4 Å². The van der Waals surface area contributed by atoms with Crippen LogP contribution in [-0.4, -0.2) is 22.9 Å². The smallest absolute Gasteiger partial charge is 0.229 e. The van der Waals surface area contributed by atoms with E-state index in [0.29, 0.717) is 5.91 Å². The molecule has 1 unspecified atom stereocenters. The van der Waals surface area contributed by atoms with E-state index in [1.807, 2.05) is 11.4 Å². The molecule has 19 heavy (non-hydrogen) atoms. The summed E-state index contributed by atoms with van der Waals surface area (Å²) in [4.78, 5) is 16.2. The van der Waals surface area contributed by atoms with Gasteiger partial charge in [0.2, 0.25) is 5.91 Å². The quantitative estimate of drug-likeness (QED) is 0.832. The lowest BCUT2D eigenvalue weighted by molar-refractivity contribution is -0.138. The Morgan fingerprint density at radius 2 is 2.32 bits per heavy atom. The summed E-state index contributed by atoms with van der Waals surface area (Å²) >= 11 is 7.72. The molecule has 2 saturated carbocycles. The number of fused-ring (bicyclic) bond motifs is 1. The molecule has 0 bridgehead atoms. The Labute approximate surface area is 122 Å². The van der Waals surface area contributed by atoms with Gasteiger partial charge < -0.3 is 4.90 Å². The molecule has 4 heteroatoms. The predicted octanol–water partition coefficient (Wildman–Crippen LogP) is 3.74. The molecule has 3 aliphatic rings. The third-order valence-electron chi connectivity index (χ3n) is 5.28. The Balaban J connectivity index is 1.55. The van der Waals surface area contributed by atoms with Crippen molar-refractivity contribution in [3.8, 4) is 0 Å². The van der Waals surface area contributed by atoms with Gasteiger partial charge in [0.1, 0.15) is 0 Å². The van der Waals surface area contributed by atoms with Gasteiger partial charge in [-0.15, -0.1) is 11.3 Å². The third kappa shape index (κ3) is 1.78. The number of carbonyl (C=O) groups is 1. The van der Waals surface area contributed by atoms with Crippen LogP contribution in [-0.2, 0) is 11.2 Å². The minimum atomic E-state index is 0.00967. The summed E-state index contributed by atoms with van der Waals surface area (Å²) in [5.41, 5.74) is 0.119. The highest BCUT2D eigenvalue weighted by Crippen LogP contribution is 2.76. The highest BCUT2D eigenvalue weighted by atomic mass is 35.5. The largest absolute Gasteiger partial charge is 0.336 e. The molecule has 1 amide bonds. The SMILES string of the molecule is CC1(Cc2cc(Cl)cs2)CCCN1C(=O)C12CC1C2. The van der Waals surface area contributed by atoms with Crippen LogP contribution in [0.4, 0.5) is 0 Å². The Morgan fingerprint density at radius 3 is 2.89 bits per heavy atom. The van der Waals surface area contributed by atoms with E-state index in [2.05, 4.69) is 11.8 Å². The minimum Gasteiger partial charge on any atom is -0.336 e. The van der Waals surface area contributed by atoms with E-state index in [4.69, 9.17) is 11.6 Å². The molecular formula is C15H18ClNOS. The molecule has 1 aliphatic heterocycles. The average molecular weight is 296 g/mol. The highest BCUT2D eigenvalue weighted by Gasteiger charge is 2.76. The van der Waals surface area contributed by atoms with Crippen molar-refractivity contribution >= 4 is 28.8 Å². The second-order valence-corrected chi connectivity index (χ2v) is 8.16. The number of halogens is 1. The average Bonchev–Trinajstić information content (AvgIpc) is 3.11. The zero-order chi connectivity index (χ0) is 13.3. The minimum absolute atomic E-state index is 0.00967. The van der Waals surface area contributed by atoms with Gasteiger partial charge in [0, 0.05) is 28.8 Å². The summed E-state index contributed by atoms with van der Waals surface area (Å²) in [7, 11) is 0. The van der Waals surface area contributed by atoms with E-state index in [-0.39, 0.29) is 11.0 Å². The molecule has 102 valence electrons. The topological polar surface area (TPSA) is 20.3 Å². The van der Waals surface area contributed by atoms with Gasteiger partial charge in [0.15, 0.2) is 0 Å². The fourth-order valence-corrected chi connectivity index (χ4v) is 4.95. The van der Waals surface area contributed by atoms with Gasteiger partial charge in [0.25, 0.3) is 0 Å². The van der Waals surface area contributed by atoms with Gasteiger partial charge >= 0.3 is 0 Å². The van der Waals surface area contributed by atoms with Crippen molar-refractivity contribution in [3.63, 3.8) is 0 Å². The van der Waals surface area contributed by atoms with Crippen LogP contribution >= 0.6 is 22.9 Å². The fraction of sp³-hybridized carbons (Fsp3) is 0.667. The Bertz CT molecular complexity index is 548. The molecule has 3 fully saturated rings. The molecule has 0 aromatic carbocycles. The number of likely N-dealkylation sites (tertiary alicyclic amines) is 1. The van der Waals surface area contributed by atoms with Crippen molar-refractivity contribution in [2.24, 2.45) is 11.3 Å². The van der Waals surface area contributed by atoms with Crippen molar-refractivity contribution in [2.45, 2.75) is 44.6 Å². The number of amides is 1. The zero-order valence-corrected chi connectivity index (χ0v) is 12.7. The van der Waals surface area contributed by atoms with Gasteiger partial charge in [-0.2, -0.15) is 0 Å². The second-order valence-electron chi connectivity index (χ2n) is 6.73. The summed E-state index contributed by atoms with van der Waals surface area (Å²) in [6.07, 6.45) is 5.53. The van der Waals surface area contributed by atoms with E-state index in [9.17, 15) is 4.79 Å². The lowest BCUT2D eigenvalue weighted by Gasteiger charge is -2.36. The lowest BCUT2D eigenvalue weighted by atomic mass is 9.93. The number of nitrogens with zero attached hydrogens (tertiary/aromatic N) is 1. The molecule has 0 spiro atoms. The predicted molar refractivity (Wildman–Crippen MR) is 77.5 cm³/mol. The van der Waals surface area contributed by atoms with Crippen LogP contribution in [0.1, 0.15) is 37.5 Å². The Hall–Kier alpha value is -0.540. The third-order valence-corrected chi connectivity index (χ3v) is 6.56. The van der Waals surface area contributed by atoms with Gasteiger partial charge in [-0.05, 0) is 44.6 Å². The van der Waals surface area contributed by atoms with Crippen LogP contribution < -0.4 is 0 Å². The molecule has 1 aromatic heterocycles. The van der Waals surface area contributed by atoms with Crippen molar-refractivity contribution in [1.82, 2.24) is 4.90 Å². The standard InChI is InChI=1S/C15H18ClNOS/c1-14(8-12-5-11(16)9-19-12)3-2-4-17(14)13(18)15-6-10(15)7-15/h5,9-10H,2-4,6-8H2,1H3. The lowest BCUT2D eigenvalue weighted by Crippen LogP contribution is -2.48.